The van der Waals surface area contributed by atoms with Crippen molar-refractivity contribution in [2.24, 2.45) is 0 Å². The van der Waals surface area contributed by atoms with Crippen molar-refractivity contribution < 1.29 is 9.59 Å². The van der Waals surface area contributed by atoms with Gasteiger partial charge >= 0.3 is 0 Å². The Kier molecular flexibility index (Phi) is 7.07. The number of amides is 2. The molecule has 1 aromatic carbocycles. The molecule has 2 amide bonds. The fourth-order valence-corrected chi connectivity index (χ4v) is 3.30. The lowest BCUT2D eigenvalue weighted by Crippen LogP contribution is -2.52. The lowest BCUT2D eigenvalue weighted by Gasteiger charge is -2.36. The van der Waals surface area contributed by atoms with E-state index in [1.54, 1.807) is 0 Å². The number of piperazine rings is 1. The second-order valence-electron chi connectivity index (χ2n) is 6.95. The van der Waals surface area contributed by atoms with Crippen LogP contribution in [0.4, 0.5) is 0 Å². The van der Waals surface area contributed by atoms with Crippen LogP contribution < -0.4 is 5.32 Å². The average Bonchev–Trinajstić information content (AvgIpc) is 3.26. The molecule has 9 heteroatoms. The number of nitrogens with zero attached hydrogens (tertiary/aromatic N) is 6. The average molecular weight is 385 g/mol. The fourth-order valence-electron chi connectivity index (χ4n) is 3.30. The van der Waals surface area contributed by atoms with Crippen molar-refractivity contribution in [1.29, 1.82) is 0 Å². The molecule has 0 radical (unpaired) electrons. The maximum Gasteiger partial charge on any atom is 0.248 e. The van der Waals surface area contributed by atoms with Gasteiger partial charge in [0.05, 0.1) is 6.54 Å². The number of carbonyl (C=O) groups excluding carboxylic acids is 2. The van der Waals surface area contributed by atoms with Gasteiger partial charge < -0.3 is 10.2 Å². The molecule has 0 spiro atoms. The van der Waals surface area contributed by atoms with E-state index in [-0.39, 0.29) is 11.8 Å². The Morgan fingerprint density at radius 2 is 1.89 bits per heavy atom. The highest BCUT2D eigenvalue weighted by molar-refractivity contribution is 5.81. The summed E-state index contributed by atoms with van der Waals surface area (Å²) in [7, 11) is 0. The highest BCUT2D eigenvalue weighted by atomic mass is 16.2. The fraction of sp³-hybridized carbons (Fsp3) is 0.526. The second-order valence-corrected chi connectivity index (χ2v) is 6.95. The second kappa shape index (κ2) is 9.93. The van der Waals surface area contributed by atoms with Gasteiger partial charge in [0.25, 0.3) is 0 Å². The van der Waals surface area contributed by atoms with E-state index in [9.17, 15) is 9.59 Å². The largest absolute Gasteiger partial charge is 0.355 e. The molecule has 1 atom stereocenters. The van der Waals surface area contributed by atoms with Crippen LogP contribution in [0.15, 0.2) is 36.7 Å². The molecule has 1 aliphatic heterocycles. The molecule has 1 aromatic heterocycles. The van der Waals surface area contributed by atoms with Crippen LogP contribution in [0.5, 0.6) is 0 Å². The molecule has 150 valence electrons. The summed E-state index contributed by atoms with van der Waals surface area (Å²) in [5.74, 6) is 0.0449. The zero-order valence-corrected chi connectivity index (χ0v) is 16.2. The van der Waals surface area contributed by atoms with E-state index in [1.807, 2.05) is 42.2 Å². The summed E-state index contributed by atoms with van der Waals surface area (Å²) in [6.07, 6.45) is 2.94. The summed E-state index contributed by atoms with van der Waals surface area (Å²) in [6, 6.07) is 9.39. The molecule has 0 saturated carbocycles. The summed E-state index contributed by atoms with van der Waals surface area (Å²) < 4.78 is 1.53. The quantitative estimate of drug-likeness (QED) is 0.694. The molecule has 1 saturated heterocycles. The highest BCUT2D eigenvalue weighted by Crippen LogP contribution is 2.17. The van der Waals surface area contributed by atoms with E-state index >= 15 is 0 Å². The van der Waals surface area contributed by atoms with Crippen LogP contribution in [0.25, 0.3) is 0 Å². The van der Waals surface area contributed by atoms with Crippen LogP contribution >= 0.6 is 0 Å². The number of aromatic nitrogens is 4. The van der Waals surface area contributed by atoms with Gasteiger partial charge in [0, 0.05) is 39.1 Å². The summed E-state index contributed by atoms with van der Waals surface area (Å²) in [5.41, 5.74) is 1.06. The molecule has 9 nitrogen and oxygen atoms in total. The molecule has 0 bridgehead atoms. The van der Waals surface area contributed by atoms with E-state index in [2.05, 4.69) is 25.7 Å². The van der Waals surface area contributed by atoms with Crippen molar-refractivity contribution in [3.63, 3.8) is 0 Å². The molecule has 1 unspecified atom stereocenters. The minimum absolute atomic E-state index is 0.00578. The van der Waals surface area contributed by atoms with Crippen LogP contribution in [-0.4, -0.2) is 81.1 Å². The number of benzene rings is 1. The first-order valence-electron chi connectivity index (χ1n) is 9.71. The van der Waals surface area contributed by atoms with Crippen molar-refractivity contribution in [3.8, 4) is 0 Å². The molecule has 28 heavy (non-hydrogen) atoms. The van der Waals surface area contributed by atoms with Crippen molar-refractivity contribution in [2.75, 3.05) is 39.3 Å². The monoisotopic (exact) mass is 385 g/mol. The van der Waals surface area contributed by atoms with E-state index < -0.39 is 6.04 Å². The first-order valence-corrected chi connectivity index (χ1v) is 9.71. The topological polar surface area (TPSA) is 96.2 Å². The molecule has 1 fully saturated rings. The van der Waals surface area contributed by atoms with Crippen LogP contribution in [0.1, 0.15) is 24.9 Å². The first kappa shape index (κ1) is 19.9. The lowest BCUT2D eigenvalue weighted by atomic mass is 10.0. The normalized spacial score (nSPS) is 16.0. The van der Waals surface area contributed by atoms with Gasteiger partial charge in [-0.2, -0.15) is 0 Å². The maximum atomic E-state index is 13.2. The van der Waals surface area contributed by atoms with Gasteiger partial charge in [-0.05, 0) is 22.4 Å². The van der Waals surface area contributed by atoms with Crippen LogP contribution in [-0.2, 0) is 16.0 Å². The lowest BCUT2D eigenvalue weighted by molar-refractivity contribution is -0.137. The van der Waals surface area contributed by atoms with E-state index in [0.29, 0.717) is 45.7 Å². The SMILES string of the molecule is CCCNC(=O)CN1CCN(C(=O)C(Cc2ccccc2)n2cnnn2)CC1. The molecule has 2 heterocycles. The standard InChI is InChI=1S/C19H27N7O2/c1-2-8-20-18(27)14-24-9-11-25(12-10-24)19(28)17(26-15-21-22-23-26)13-16-6-4-3-5-7-16/h3-7,15,17H,2,8-14H2,1H3,(H,20,27). The van der Waals surface area contributed by atoms with Gasteiger partial charge in [-0.3, -0.25) is 14.5 Å². The molecular weight excluding hydrogens is 358 g/mol. The number of rotatable bonds is 8. The van der Waals surface area contributed by atoms with Gasteiger partial charge in [0.15, 0.2) is 0 Å². The highest BCUT2D eigenvalue weighted by Gasteiger charge is 2.30. The molecular formula is C19H27N7O2. The Bertz CT molecular complexity index is 743. The molecule has 3 rings (SSSR count). The predicted molar refractivity (Wildman–Crippen MR) is 103 cm³/mol. The summed E-state index contributed by atoms with van der Waals surface area (Å²) >= 11 is 0. The maximum absolute atomic E-state index is 13.2. The summed E-state index contributed by atoms with van der Waals surface area (Å²) in [6.45, 7) is 5.65. The number of nitrogens with one attached hydrogen (secondary N) is 1. The number of hydrogen-bond donors (Lipinski definition) is 1. The zero-order chi connectivity index (χ0) is 19.8. The third kappa shape index (κ3) is 5.35. The van der Waals surface area contributed by atoms with Crippen molar-refractivity contribution in [3.05, 3.63) is 42.2 Å². The molecule has 1 N–H and O–H groups in total. The third-order valence-corrected chi connectivity index (χ3v) is 4.86. The van der Waals surface area contributed by atoms with Crippen LogP contribution in [0, 0.1) is 0 Å². The number of tetrazole rings is 1. The first-order chi connectivity index (χ1) is 13.7. The van der Waals surface area contributed by atoms with Crippen molar-refractivity contribution in [1.82, 2.24) is 35.3 Å². The van der Waals surface area contributed by atoms with Gasteiger partial charge in [-0.1, -0.05) is 37.3 Å². The van der Waals surface area contributed by atoms with Crippen molar-refractivity contribution >= 4 is 11.8 Å². The molecule has 2 aromatic rings. The van der Waals surface area contributed by atoms with Gasteiger partial charge in [-0.25, -0.2) is 4.68 Å². The van der Waals surface area contributed by atoms with E-state index in [1.165, 1.54) is 11.0 Å². The van der Waals surface area contributed by atoms with Crippen LogP contribution in [0.2, 0.25) is 0 Å². The van der Waals surface area contributed by atoms with E-state index in [0.717, 1.165) is 12.0 Å². The van der Waals surface area contributed by atoms with Gasteiger partial charge in [0.1, 0.15) is 12.4 Å². The van der Waals surface area contributed by atoms with Crippen LogP contribution in [0.3, 0.4) is 0 Å². The predicted octanol–water partition coefficient (Wildman–Crippen LogP) is 0.127. The Labute approximate surface area is 164 Å². The molecule has 1 aliphatic rings. The Morgan fingerprint density at radius 3 is 2.54 bits per heavy atom. The van der Waals surface area contributed by atoms with E-state index in [4.69, 9.17) is 0 Å². The minimum Gasteiger partial charge on any atom is -0.355 e. The summed E-state index contributed by atoms with van der Waals surface area (Å²) in [4.78, 5) is 29.0. The number of hydrogen-bond acceptors (Lipinski definition) is 6. The zero-order valence-electron chi connectivity index (χ0n) is 16.2. The Hall–Kier alpha value is -2.81. The van der Waals surface area contributed by atoms with Crippen molar-refractivity contribution in [2.45, 2.75) is 25.8 Å². The number of carbonyl (C=O) groups is 2. The Morgan fingerprint density at radius 1 is 1.14 bits per heavy atom. The third-order valence-electron chi connectivity index (χ3n) is 4.86. The summed E-state index contributed by atoms with van der Waals surface area (Å²) in [5, 5.41) is 14.2. The smallest absolute Gasteiger partial charge is 0.248 e. The minimum atomic E-state index is -0.475. The van der Waals surface area contributed by atoms with Gasteiger partial charge in [0.2, 0.25) is 11.8 Å². The Balaban J connectivity index is 1.59. The van der Waals surface area contributed by atoms with Gasteiger partial charge in [-0.15, -0.1) is 5.10 Å². The molecule has 0 aliphatic carbocycles.